The van der Waals surface area contributed by atoms with Crippen LogP contribution in [0, 0.1) is 5.41 Å². The minimum absolute atomic E-state index is 0.502. The van der Waals surface area contributed by atoms with Crippen molar-refractivity contribution in [2.24, 2.45) is 5.41 Å². The van der Waals surface area contributed by atoms with Gasteiger partial charge in [0, 0.05) is 19.0 Å². The molecule has 0 aliphatic carbocycles. The molecule has 0 radical (unpaired) electrons. The van der Waals surface area contributed by atoms with Gasteiger partial charge in [-0.05, 0) is 24.7 Å². The molecule has 0 aliphatic rings. The van der Waals surface area contributed by atoms with Gasteiger partial charge in [0.15, 0.2) is 0 Å². The van der Waals surface area contributed by atoms with Crippen LogP contribution in [0.5, 0.6) is 0 Å². The summed E-state index contributed by atoms with van der Waals surface area (Å²) in [5.41, 5.74) is 0.502. The summed E-state index contributed by atoms with van der Waals surface area (Å²) in [7, 11) is 1.77. The Morgan fingerprint density at radius 2 is 1.92 bits per heavy atom. The summed E-state index contributed by atoms with van der Waals surface area (Å²) in [5.74, 6) is 0. The van der Waals surface area contributed by atoms with Crippen LogP contribution >= 0.6 is 15.9 Å². The van der Waals surface area contributed by atoms with E-state index in [9.17, 15) is 0 Å². The molecule has 0 spiro atoms. The summed E-state index contributed by atoms with van der Waals surface area (Å²) in [6.45, 7) is 5.54. The number of hydrogen-bond donors (Lipinski definition) is 0. The number of rotatable bonds is 8. The molecule has 80 valence electrons. The molecule has 0 aliphatic heterocycles. The van der Waals surface area contributed by atoms with Gasteiger partial charge in [-0.3, -0.25) is 0 Å². The molecular formula is C11H23BrO. The van der Waals surface area contributed by atoms with Gasteiger partial charge in [0.25, 0.3) is 0 Å². The maximum absolute atomic E-state index is 5.04. The van der Waals surface area contributed by atoms with E-state index in [1.165, 1.54) is 32.1 Å². The van der Waals surface area contributed by atoms with Crippen molar-refractivity contribution in [1.82, 2.24) is 0 Å². The monoisotopic (exact) mass is 250 g/mol. The van der Waals surface area contributed by atoms with Crippen LogP contribution < -0.4 is 0 Å². The van der Waals surface area contributed by atoms with Crippen LogP contribution in [0.15, 0.2) is 0 Å². The van der Waals surface area contributed by atoms with Crippen LogP contribution in [0.1, 0.15) is 46.0 Å². The lowest BCUT2D eigenvalue weighted by molar-refractivity contribution is 0.185. The highest BCUT2D eigenvalue weighted by Crippen LogP contribution is 2.31. The van der Waals surface area contributed by atoms with Gasteiger partial charge in [-0.1, -0.05) is 42.6 Å². The van der Waals surface area contributed by atoms with Crippen molar-refractivity contribution in [2.45, 2.75) is 46.0 Å². The third-order valence-electron chi connectivity index (χ3n) is 2.55. The fourth-order valence-electron chi connectivity index (χ4n) is 1.66. The molecule has 0 N–H and O–H groups in total. The van der Waals surface area contributed by atoms with Crippen molar-refractivity contribution in [3.8, 4) is 0 Å². The normalized spacial score (nSPS) is 15.7. The Bertz CT molecular complexity index is 117. The lowest BCUT2D eigenvalue weighted by Gasteiger charge is -2.26. The molecule has 0 aromatic carbocycles. The molecule has 0 amide bonds. The molecule has 1 nitrogen and oxygen atoms in total. The van der Waals surface area contributed by atoms with Crippen LogP contribution in [0.2, 0.25) is 0 Å². The van der Waals surface area contributed by atoms with Crippen molar-refractivity contribution in [1.29, 1.82) is 0 Å². The minimum atomic E-state index is 0.502. The Morgan fingerprint density at radius 3 is 2.38 bits per heavy atom. The molecule has 0 aromatic rings. The van der Waals surface area contributed by atoms with Crippen molar-refractivity contribution in [3.63, 3.8) is 0 Å². The lowest BCUT2D eigenvalue weighted by atomic mass is 9.83. The average Bonchev–Trinajstić information content (AvgIpc) is 2.13. The fraction of sp³-hybridized carbons (Fsp3) is 1.00. The smallest absolute Gasteiger partial charge is 0.0462 e. The first-order valence-electron chi connectivity index (χ1n) is 5.23. The molecule has 1 unspecified atom stereocenters. The zero-order valence-electron chi connectivity index (χ0n) is 9.24. The van der Waals surface area contributed by atoms with Crippen LogP contribution in [-0.4, -0.2) is 19.0 Å². The molecule has 0 saturated heterocycles. The standard InChI is InChI=1S/C11H23BrO/c1-4-7-11(2,10-12)8-5-6-9-13-3/h4-10H2,1-3H3. The second-order valence-electron chi connectivity index (χ2n) is 4.14. The maximum atomic E-state index is 5.04. The van der Waals surface area contributed by atoms with Crippen molar-refractivity contribution in [2.75, 3.05) is 19.0 Å². The summed E-state index contributed by atoms with van der Waals surface area (Å²) in [6, 6.07) is 0. The van der Waals surface area contributed by atoms with E-state index in [0.29, 0.717) is 5.41 Å². The highest BCUT2D eigenvalue weighted by molar-refractivity contribution is 9.09. The van der Waals surface area contributed by atoms with Crippen molar-refractivity contribution >= 4 is 15.9 Å². The highest BCUT2D eigenvalue weighted by atomic mass is 79.9. The van der Waals surface area contributed by atoms with Gasteiger partial charge in [-0.2, -0.15) is 0 Å². The van der Waals surface area contributed by atoms with Crippen LogP contribution in [0.3, 0.4) is 0 Å². The third-order valence-corrected chi connectivity index (χ3v) is 3.91. The topological polar surface area (TPSA) is 9.23 Å². The molecule has 0 bridgehead atoms. The van der Waals surface area contributed by atoms with E-state index in [1.807, 2.05) is 0 Å². The Balaban J connectivity index is 3.57. The highest BCUT2D eigenvalue weighted by Gasteiger charge is 2.20. The van der Waals surface area contributed by atoms with E-state index in [2.05, 4.69) is 29.8 Å². The third kappa shape index (κ3) is 6.50. The van der Waals surface area contributed by atoms with Gasteiger partial charge >= 0.3 is 0 Å². The van der Waals surface area contributed by atoms with Gasteiger partial charge in [0.1, 0.15) is 0 Å². The molecule has 2 heteroatoms. The summed E-state index contributed by atoms with van der Waals surface area (Å²) in [4.78, 5) is 0. The maximum Gasteiger partial charge on any atom is 0.0462 e. The molecule has 0 heterocycles. The number of methoxy groups -OCH3 is 1. The Hall–Kier alpha value is 0.440. The molecule has 0 aromatic heterocycles. The SMILES string of the molecule is CCCC(C)(CBr)CCCCOC. The van der Waals surface area contributed by atoms with Crippen LogP contribution in [0.4, 0.5) is 0 Å². The summed E-state index contributed by atoms with van der Waals surface area (Å²) in [5, 5.41) is 1.13. The summed E-state index contributed by atoms with van der Waals surface area (Å²) < 4.78 is 5.04. The molecule has 0 rings (SSSR count). The predicted octanol–water partition coefficient (Wildman–Crippen LogP) is 4.00. The predicted molar refractivity (Wildman–Crippen MR) is 62.5 cm³/mol. The van der Waals surface area contributed by atoms with Crippen LogP contribution in [0.25, 0.3) is 0 Å². The molecular weight excluding hydrogens is 228 g/mol. The first-order chi connectivity index (χ1) is 6.18. The number of ether oxygens (including phenoxy) is 1. The van der Waals surface area contributed by atoms with E-state index in [-0.39, 0.29) is 0 Å². The largest absolute Gasteiger partial charge is 0.385 e. The summed E-state index contributed by atoms with van der Waals surface area (Å²) in [6.07, 6.45) is 6.41. The van der Waals surface area contributed by atoms with Gasteiger partial charge in [-0.25, -0.2) is 0 Å². The summed E-state index contributed by atoms with van der Waals surface area (Å²) >= 11 is 3.61. The number of halogens is 1. The van der Waals surface area contributed by atoms with E-state index >= 15 is 0 Å². The van der Waals surface area contributed by atoms with Crippen molar-refractivity contribution in [3.05, 3.63) is 0 Å². The zero-order chi connectivity index (χ0) is 10.2. The van der Waals surface area contributed by atoms with E-state index < -0.39 is 0 Å². The van der Waals surface area contributed by atoms with E-state index in [1.54, 1.807) is 7.11 Å². The van der Waals surface area contributed by atoms with Crippen LogP contribution in [-0.2, 0) is 4.74 Å². The first kappa shape index (κ1) is 13.4. The van der Waals surface area contributed by atoms with Gasteiger partial charge in [0.05, 0.1) is 0 Å². The first-order valence-corrected chi connectivity index (χ1v) is 6.35. The van der Waals surface area contributed by atoms with Gasteiger partial charge < -0.3 is 4.74 Å². The lowest BCUT2D eigenvalue weighted by Crippen LogP contribution is -2.18. The molecule has 0 fully saturated rings. The fourth-order valence-corrected chi connectivity index (χ4v) is 2.22. The number of unbranched alkanes of at least 4 members (excludes halogenated alkanes) is 1. The minimum Gasteiger partial charge on any atom is -0.385 e. The number of hydrogen-bond acceptors (Lipinski definition) is 1. The number of alkyl halides is 1. The zero-order valence-corrected chi connectivity index (χ0v) is 10.8. The van der Waals surface area contributed by atoms with Gasteiger partial charge in [0.2, 0.25) is 0 Å². The van der Waals surface area contributed by atoms with E-state index in [0.717, 1.165) is 11.9 Å². The quantitative estimate of drug-likeness (QED) is 0.468. The second kappa shape index (κ2) is 7.81. The van der Waals surface area contributed by atoms with E-state index in [4.69, 9.17) is 4.74 Å². The molecule has 0 saturated carbocycles. The Labute approximate surface area is 91.4 Å². The Kier molecular flexibility index (Phi) is 8.07. The second-order valence-corrected chi connectivity index (χ2v) is 4.70. The average molecular weight is 251 g/mol. The Morgan fingerprint density at radius 1 is 1.23 bits per heavy atom. The molecule has 13 heavy (non-hydrogen) atoms. The van der Waals surface area contributed by atoms with Crippen molar-refractivity contribution < 1.29 is 4.74 Å². The molecule has 1 atom stereocenters. The van der Waals surface area contributed by atoms with Gasteiger partial charge in [-0.15, -0.1) is 0 Å².